The molecule has 9 heteroatoms. The molecule has 0 saturated carbocycles. The lowest BCUT2D eigenvalue weighted by molar-refractivity contribution is 0.0996. The van der Waals surface area contributed by atoms with Crippen molar-refractivity contribution in [1.29, 1.82) is 0 Å². The van der Waals surface area contributed by atoms with Crippen molar-refractivity contribution < 1.29 is 4.79 Å². The Morgan fingerprint density at radius 2 is 2.00 bits per heavy atom. The van der Waals surface area contributed by atoms with Crippen molar-refractivity contribution in [2.75, 3.05) is 23.4 Å². The number of nitrogens with zero attached hydrogens (tertiary/aromatic N) is 7. The quantitative estimate of drug-likeness (QED) is 0.653. The van der Waals surface area contributed by atoms with E-state index in [-0.39, 0.29) is 11.9 Å². The predicted octanol–water partition coefficient (Wildman–Crippen LogP) is 2.70. The van der Waals surface area contributed by atoms with E-state index in [9.17, 15) is 4.79 Å². The molecule has 4 rings (SSSR count). The molecule has 1 atom stereocenters. The van der Waals surface area contributed by atoms with Crippen LogP contribution in [0.25, 0.3) is 11.5 Å². The zero-order valence-corrected chi connectivity index (χ0v) is 18.6. The largest absolute Gasteiger partial charge is 0.360 e. The van der Waals surface area contributed by atoms with Crippen LogP contribution in [0.2, 0.25) is 0 Å². The van der Waals surface area contributed by atoms with E-state index in [0.29, 0.717) is 29.4 Å². The first kappa shape index (κ1) is 20.9. The van der Waals surface area contributed by atoms with Gasteiger partial charge in [-0.3, -0.25) is 9.69 Å². The molecule has 3 aromatic rings. The second-order valence-corrected chi connectivity index (χ2v) is 7.78. The smallest absolute Gasteiger partial charge is 0.260 e. The number of hydrogen-bond acceptors (Lipinski definition) is 7. The van der Waals surface area contributed by atoms with Gasteiger partial charge in [-0.05, 0) is 45.9 Å². The first-order valence-corrected chi connectivity index (χ1v) is 10.5. The van der Waals surface area contributed by atoms with E-state index in [0.717, 1.165) is 36.0 Å². The van der Waals surface area contributed by atoms with Crippen LogP contribution < -0.4 is 15.5 Å². The van der Waals surface area contributed by atoms with Gasteiger partial charge in [-0.2, -0.15) is 0 Å². The lowest BCUT2D eigenvalue weighted by atomic mass is 10.0. The molecule has 1 aliphatic rings. The fourth-order valence-electron chi connectivity index (χ4n) is 3.88. The Morgan fingerprint density at radius 3 is 2.68 bits per heavy atom. The summed E-state index contributed by atoms with van der Waals surface area (Å²) >= 11 is 0. The summed E-state index contributed by atoms with van der Waals surface area (Å²) < 4.78 is 2.00. The third-order valence-corrected chi connectivity index (χ3v) is 5.72. The summed E-state index contributed by atoms with van der Waals surface area (Å²) in [7, 11) is 1.95. The first-order chi connectivity index (χ1) is 14.8. The van der Waals surface area contributed by atoms with Gasteiger partial charge in [-0.15, -0.1) is 10.2 Å². The van der Waals surface area contributed by atoms with Crippen LogP contribution in [-0.4, -0.2) is 44.2 Å². The average molecular weight is 421 g/mol. The lowest BCUT2D eigenvalue weighted by Crippen LogP contribution is -2.24. The summed E-state index contributed by atoms with van der Waals surface area (Å²) in [5, 5.41) is 8.44. The Balaban J connectivity index is 1.75. The van der Waals surface area contributed by atoms with Crippen molar-refractivity contribution in [2.45, 2.75) is 46.8 Å². The topological polar surface area (TPSA) is 106 Å². The van der Waals surface area contributed by atoms with Crippen LogP contribution in [0.5, 0.6) is 0 Å². The molecule has 0 spiro atoms. The third kappa shape index (κ3) is 3.54. The van der Waals surface area contributed by atoms with Crippen LogP contribution in [0.3, 0.4) is 0 Å². The number of nitrogens with two attached hydrogens (primary N) is 1. The van der Waals surface area contributed by atoms with E-state index in [1.54, 1.807) is 4.90 Å². The van der Waals surface area contributed by atoms with Crippen molar-refractivity contribution in [1.82, 2.24) is 24.7 Å². The van der Waals surface area contributed by atoms with Gasteiger partial charge in [-0.25, -0.2) is 9.97 Å². The predicted molar refractivity (Wildman–Crippen MR) is 120 cm³/mol. The van der Waals surface area contributed by atoms with Gasteiger partial charge in [0.15, 0.2) is 5.82 Å². The summed E-state index contributed by atoms with van der Waals surface area (Å²) in [4.78, 5) is 26.6. The summed E-state index contributed by atoms with van der Waals surface area (Å²) in [5.41, 5.74) is 9.15. The summed E-state index contributed by atoms with van der Waals surface area (Å²) in [6.07, 6.45) is 0. The van der Waals surface area contributed by atoms with Crippen LogP contribution in [-0.2, 0) is 13.1 Å². The molecule has 162 valence electrons. The van der Waals surface area contributed by atoms with Crippen molar-refractivity contribution in [3.63, 3.8) is 0 Å². The molecule has 2 N–H and O–H groups in total. The van der Waals surface area contributed by atoms with E-state index in [1.165, 1.54) is 0 Å². The molecule has 1 amide bonds. The van der Waals surface area contributed by atoms with Crippen molar-refractivity contribution >= 4 is 17.5 Å². The van der Waals surface area contributed by atoms with E-state index < -0.39 is 0 Å². The van der Waals surface area contributed by atoms with Crippen molar-refractivity contribution in [2.24, 2.45) is 5.73 Å². The van der Waals surface area contributed by atoms with Gasteiger partial charge in [0.1, 0.15) is 23.2 Å². The van der Waals surface area contributed by atoms with E-state index in [1.807, 2.05) is 68.5 Å². The molecule has 1 aliphatic heterocycles. The number of fused-ring (bicyclic) bond motifs is 1. The normalized spacial score (nSPS) is 14.1. The molecule has 0 radical (unpaired) electrons. The maximum Gasteiger partial charge on any atom is 0.260 e. The zero-order valence-electron chi connectivity index (χ0n) is 18.6. The molecule has 3 aromatic heterocycles. The van der Waals surface area contributed by atoms with Gasteiger partial charge in [0.25, 0.3) is 5.91 Å². The Hall–Kier alpha value is -3.33. The SMILES string of the molecule is CCN(C)c1cc2c(c([C@H](C)N)n1)CN(c1cccc(-c3nnc(C)n3CC)n1)C2=O. The number of aromatic nitrogens is 5. The third-order valence-electron chi connectivity index (χ3n) is 5.72. The van der Waals surface area contributed by atoms with Crippen LogP contribution in [0.4, 0.5) is 11.6 Å². The van der Waals surface area contributed by atoms with Crippen molar-refractivity contribution in [3.05, 3.63) is 46.9 Å². The van der Waals surface area contributed by atoms with Gasteiger partial charge in [0.05, 0.1) is 17.8 Å². The molecule has 0 unspecified atom stereocenters. The minimum Gasteiger partial charge on any atom is -0.360 e. The number of aryl methyl sites for hydroxylation is 1. The Labute approximate surface area is 181 Å². The molecule has 31 heavy (non-hydrogen) atoms. The van der Waals surface area contributed by atoms with E-state index >= 15 is 0 Å². The number of hydrogen-bond donors (Lipinski definition) is 1. The molecule has 0 bridgehead atoms. The fraction of sp³-hybridized carbons (Fsp3) is 0.409. The highest BCUT2D eigenvalue weighted by atomic mass is 16.2. The van der Waals surface area contributed by atoms with Gasteiger partial charge in [0.2, 0.25) is 0 Å². The summed E-state index contributed by atoms with van der Waals surface area (Å²) in [6.45, 7) is 9.80. The van der Waals surface area contributed by atoms with E-state index in [2.05, 4.69) is 10.2 Å². The number of carbonyl (C=O) groups excluding carboxylic acids is 1. The highest BCUT2D eigenvalue weighted by molar-refractivity contribution is 6.10. The second-order valence-electron chi connectivity index (χ2n) is 7.78. The molecule has 0 fully saturated rings. The molecular formula is C22H28N8O. The van der Waals surface area contributed by atoms with Gasteiger partial charge < -0.3 is 15.2 Å². The van der Waals surface area contributed by atoms with Crippen LogP contribution in [0, 0.1) is 6.92 Å². The Morgan fingerprint density at radius 1 is 1.23 bits per heavy atom. The van der Waals surface area contributed by atoms with Crippen molar-refractivity contribution in [3.8, 4) is 11.5 Å². The fourth-order valence-corrected chi connectivity index (χ4v) is 3.88. The molecule has 4 heterocycles. The van der Waals surface area contributed by atoms with Crippen LogP contribution in [0.1, 0.15) is 54.3 Å². The highest BCUT2D eigenvalue weighted by Crippen LogP contribution is 2.33. The summed E-state index contributed by atoms with van der Waals surface area (Å²) in [5.74, 6) is 2.74. The molecule has 0 saturated heterocycles. The lowest BCUT2D eigenvalue weighted by Gasteiger charge is -2.19. The van der Waals surface area contributed by atoms with Gasteiger partial charge >= 0.3 is 0 Å². The molecule has 0 aromatic carbocycles. The first-order valence-electron chi connectivity index (χ1n) is 10.5. The number of carbonyl (C=O) groups is 1. The average Bonchev–Trinajstić information content (AvgIpc) is 3.32. The molecule has 0 aliphatic carbocycles. The zero-order chi connectivity index (χ0) is 22.3. The highest BCUT2D eigenvalue weighted by Gasteiger charge is 2.34. The minimum atomic E-state index is -0.280. The number of anilines is 2. The maximum absolute atomic E-state index is 13.4. The number of amides is 1. The Kier molecular flexibility index (Phi) is 5.45. The molecule has 9 nitrogen and oxygen atoms in total. The second kappa shape index (κ2) is 8.07. The minimum absolute atomic E-state index is 0.0946. The van der Waals surface area contributed by atoms with Gasteiger partial charge in [-0.1, -0.05) is 6.07 Å². The van der Waals surface area contributed by atoms with Crippen LogP contribution >= 0.6 is 0 Å². The summed E-state index contributed by atoms with van der Waals surface area (Å²) in [6, 6.07) is 7.19. The van der Waals surface area contributed by atoms with Crippen LogP contribution in [0.15, 0.2) is 24.3 Å². The standard InChI is InChI=1S/C22H28N8O/c1-6-28(5)19-11-15-16(20(25-19)13(3)23)12-30(22(15)31)18-10-8-9-17(24-18)21-27-26-14(4)29(21)7-2/h8-11,13H,6-7,12,23H2,1-5H3/t13-/m0/s1. The number of pyridine rings is 2. The van der Waals surface area contributed by atoms with Gasteiger partial charge in [0, 0.05) is 31.7 Å². The Bertz CT molecular complexity index is 1140. The maximum atomic E-state index is 13.4. The molecular weight excluding hydrogens is 392 g/mol. The van der Waals surface area contributed by atoms with E-state index in [4.69, 9.17) is 15.7 Å². The monoisotopic (exact) mass is 420 g/mol. The number of rotatable bonds is 6.